The smallest absolute Gasteiger partial charge is 0.343 e. The summed E-state index contributed by atoms with van der Waals surface area (Å²) < 4.78 is 21.4. The monoisotopic (exact) mass is 450 g/mol. The van der Waals surface area contributed by atoms with E-state index < -0.39 is 11.9 Å². The fraction of sp³-hybridized carbons (Fsp3) is 0.269. The second kappa shape index (κ2) is 11.7. The summed E-state index contributed by atoms with van der Waals surface area (Å²) >= 11 is 0. The molecule has 2 aromatic rings. The summed E-state index contributed by atoms with van der Waals surface area (Å²) in [4.78, 5) is 35.7. The van der Waals surface area contributed by atoms with Crippen molar-refractivity contribution >= 4 is 17.9 Å². The van der Waals surface area contributed by atoms with Crippen molar-refractivity contribution in [3.05, 3.63) is 77.4 Å². The first-order valence-corrected chi connectivity index (χ1v) is 10.8. The lowest BCUT2D eigenvalue weighted by Crippen LogP contribution is -2.11. The minimum atomic E-state index is -0.512. The standard InChI is InChI=1S/C26H26O7/c1-3-24(27)31-16-6-15-30-21-11-9-20(10-12-21)26(29)33-23-14-13-22(17-18(23)2)32-25(28)19-7-4-5-8-19/h4,7-14,17H,3,5-6,15-16H2,1-2H3. The third kappa shape index (κ3) is 7.07. The fourth-order valence-corrected chi connectivity index (χ4v) is 2.96. The fourth-order valence-electron chi connectivity index (χ4n) is 2.96. The van der Waals surface area contributed by atoms with Crippen molar-refractivity contribution in [2.45, 2.75) is 33.1 Å². The van der Waals surface area contributed by atoms with Crippen LogP contribution < -0.4 is 14.2 Å². The third-order valence-corrected chi connectivity index (χ3v) is 4.77. The van der Waals surface area contributed by atoms with Crippen molar-refractivity contribution in [2.24, 2.45) is 0 Å². The molecular weight excluding hydrogens is 424 g/mol. The van der Waals surface area contributed by atoms with Gasteiger partial charge in [-0.25, -0.2) is 9.59 Å². The van der Waals surface area contributed by atoms with E-state index in [2.05, 4.69) is 0 Å². The van der Waals surface area contributed by atoms with Crippen molar-refractivity contribution in [3.8, 4) is 17.2 Å². The molecule has 0 aromatic heterocycles. The molecule has 0 radical (unpaired) electrons. The Morgan fingerprint density at radius 3 is 2.33 bits per heavy atom. The van der Waals surface area contributed by atoms with E-state index in [1.165, 1.54) is 0 Å². The summed E-state index contributed by atoms with van der Waals surface area (Å²) in [6.07, 6.45) is 7.06. The molecule has 3 rings (SSSR count). The zero-order chi connectivity index (χ0) is 23.6. The quantitative estimate of drug-likeness (QED) is 0.294. The van der Waals surface area contributed by atoms with Gasteiger partial charge >= 0.3 is 17.9 Å². The van der Waals surface area contributed by atoms with Gasteiger partial charge in [-0.2, -0.15) is 0 Å². The predicted molar refractivity (Wildman–Crippen MR) is 121 cm³/mol. The second-order valence-electron chi connectivity index (χ2n) is 7.30. The summed E-state index contributed by atoms with van der Waals surface area (Å²) in [6.45, 7) is 4.21. The van der Waals surface area contributed by atoms with Gasteiger partial charge in [0.05, 0.1) is 24.4 Å². The highest BCUT2D eigenvalue weighted by Crippen LogP contribution is 2.25. The summed E-state index contributed by atoms with van der Waals surface area (Å²) in [5, 5.41) is 0. The molecule has 33 heavy (non-hydrogen) atoms. The summed E-state index contributed by atoms with van der Waals surface area (Å²) in [5.74, 6) is 0.191. The lowest BCUT2D eigenvalue weighted by atomic mass is 10.2. The molecular formula is C26H26O7. The number of esters is 3. The molecule has 1 aliphatic carbocycles. The van der Waals surface area contributed by atoms with E-state index in [-0.39, 0.29) is 5.97 Å². The number of carbonyl (C=O) groups excluding carboxylic acids is 3. The van der Waals surface area contributed by atoms with Crippen LogP contribution in [0, 0.1) is 6.92 Å². The van der Waals surface area contributed by atoms with E-state index in [1.807, 2.05) is 6.08 Å². The maximum Gasteiger partial charge on any atom is 0.343 e. The number of rotatable bonds is 10. The summed E-state index contributed by atoms with van der Waals surface area (Å²) in [5.41, 5.74) is 1.55. The molecule has 1 aliphatic rings. The van der Waals surface area contributed by atoms with Crippen molar-refractivity contribution < 1.29 is 33.3 Å². The van der Waals surface area contributed by atoms with Crippen LogP contribution >= 0.6 is 0 Å². The van der Waals surface area contributed by atoms with E-state index in [4.69, 9.17) is 18.9 Å². The average Bonchev–Trinajstić information content (AvgIpc) is 3.36. The number of allylic oxidation sites excluding steroid dienone is 2. The Labute approximate surface area is 192 Å². The number of benzene rings is 2. The first-order chi connectivity index (χ1) is 16.0. The second-order valence-corrected chi connectivity index (χ2v) is 7.30. The van der Waals surface area contributed by atoms with Crippen LogP contribution in [-0.2, 0) is 14.3 Å². The van der Waals surface area contributed by atoms with E-state index >= 15 is 0 Å². The van der Waals surface area contributed by atoms with Gasteiger partial charge in [0.25, 0.3) is 0 Å². The molecule has 0 N–H and O–H groups in total. The minimum absolute atomic E-state index is 0.233. The molecule has 0 heterocycles. The maximum atomic E-state index is 12.5. The molecule has 0 bridgehead atoms. The van der Waals surface area contributed by atoms with Crippen LogP contribution in [-0.4, -0.2) is 31.1 Å². The minimum Gasteiger partial charge on any atom is -0.493 e. The van der Waals surface area contributed by atoms with Gasteiger partial charge in [0.15, 0.2) is 0 Å². The first-order valence-electron chi connectivity index (χ1n) is 10.8. The first kappa shape index (κ1) is 23.8. The largest absolute Gasteiger partial charge is 0.493 e. The Bertz CT molecular complexity index is 1060. The predicted octanol–water partition coefficient (Wildman–Crippen LogP) is 4.73. The molecule has 0 aliphatic heterocycles. The van der Waals surface area contributed by atoms with Crippen LogP contribution in [0.5, 0.6) is 17.2 Å². The van der Waals surface area contributed by atoms with Gasteiger partial charge in [-0.3, -0.25) is 4.79 Å². The van der Waals surface area contributed by atoms with Crippen LogP contribution in [0.15, 0.2) is 66.3 Å². The van der Waals surface area contributed by atoms with Gasteiger partial charge in [-0.1, -0.05) is 25.2 Å². The number of aryl methyl sites for hydroxylation is 1. The van der Waals surface area contributed by atoms with Gasteiger partial charge in [0, 0.05) is 12.8 Å². The molecule has 172 valence electrons. The molecule has 0 spiro atoms. The summed E-state index contributed by atoms with van der Waals surface area (Å²) in [7, 11) is 0. The van der Waals surface area contributed by atoms with Gasteiger partial charge in [-0.15, -0.1) is 0 Å². The molecule has 2 aromatic carbocycles. The molecule has 0 fully saturated rings. The van der Waals surface area contributed by atoms with Gasteiger partial charge in [-0.05, 0) is 61.4 Å². The van der Waals surface area contributed by atoms with Crippen LogP contribution in [0.1, 0.15) is 42.1 Å². The van der Waals surface area contributed by atoms with Gasteiger partial charge in [0.2, 0.25) is 0 Å². The third-order valence-electron chi connectivity index (χ3n) is 4.77. The molecule has 0 saturated heterocycles. The average molecular weight is 450 g/mol. The highest BCUT2D eigenvalue weighted by molar-refractivity contribution is 5.94. The molecule has 7 heteroatoms. The Hall–Kier alpha value is -3.87. The lowest BCUT2D eigenvalue weighted by Gasteiger charge is -2.10. The zero-order valence-electron chi connectivity index (χ0n) is 18.7. The molecule has 0 saturated carbocycles. The summed E-state index contributed by atoms with van der Waals surface area (Å²) in [6, 6.07) is 11.4. The molecule has 0 amide bonds. The Morgan fingerprint density at radius 2 is 1.67 bits per heavy atom. The van der Waals surface area contributed by atoms with Crippen LogP contribution in [0.25, 0.3) is 0 Å². The van der Waals surface area contributed by atoms with E-state index in [0.717, 1.165) is 6.42 Å². The van der Waals surface area contributed by atoms with Crippen molar-refractivity contribution in [1.29, 1.82) is 0 Å². The van der Waals surface area contributed by atoms with Crippen molar-refractivity contribution in [3.63, 3.8) is 0 Å². The zero-order valence-corrected chi connectivity index (χ0v) is 18.7. The van der Waals surface area contributed by atoms with E-state index in [0.29, 0.717) is 60.0 Å². The molecule has 7 nitrogen and oxygen atoms in total. The number of hydrogen-bond acceptors (Lipinski definition) is 7. The topological polar surface area (TPSA) is 88.1 Å². The highest BCUT2D eigenvalue weighted by atomic mass is 16.5. The SMILES string of the molecule is CCC(=O)OCCCOc1ccc(C(=O)Oc2ccc(OC(=O)C3=CCC=C3)cc2C)cc1. The normalized spacial score (nSPS) is 12.1. The van der Waals surface area contributed by atoms with Crippen LogP contribution in [0.4, 0.5) is 0 Å². The Balaban J connectivity index is 1.49. The van der Waals surface area contributed by atoms with Crippen molar-refractivity contribution in [1.82, 2.24) is 0 Å². The highest BCUT2D eigenvalue weighted by Gasteiger charge is 2.14. The number of hydrogen-bond donors (Lipinski definition) is 0. The molecule has 0 atom stereocenters. The van der Waals surface area contributed by atoms with Crippen LogP contribution in [0.3, 0.4) is 0 Å². The number of carbonyl (C=O) groups is 3. The van der Waals surface area contributed by atoms with Gasteiger partial charge in [0.1, 0.15) is 17.2 Å². The van der Waals surface area contributed by atoms with Crippen molar-refractivity contribution in [2.75, 3.05) is 13.2 Å². The maximum absolute atomic E-state index is 12.5. The van der Waals surface area contributed by atoms with E-state index in [9.17, 15) is 14.4 Å². The Kier molecular flexibility index (Phi) is 8.41. The number of ether oxygens (including phenoxy) is 4. The van der Waals surface area contributed by atoms with Crippen LogP contribution in [0.2, 0.25) is 0 Å². The lowest BCUT2D eigenvalue weighted by molar-refractivity contribution is -0.143. The Morgan fingerprint density at radius 1 is 0.909 bits per heavy atom. The van der Waals surface area contributed by atoms with E-state index in [1.54, 1.807) is 68.5 Å². The van der Waals surface area contributed by atoms with Gasteiger partial charge < -0.3 is 18.9 Å². The molecule has 0 unspecified atom stereocenters.